The zero-order valence-electron chi connectivity index (χ0n) is 11.1. The normalized spacial score (nSPS) is 15.4. The molecular formula is C12H17N3O5. The Morgan fingerprint density at radius 1 is 1.55 bits per heavy atom. The van der Waals surface area contributed by atoms with Crippen molar-refractivity contribution in [2.24, 2.45) is 0 Å². The smallest absolute Gasteiger partial charge is 0.260 e. The van der Waals surface area contributed by atoms with Gasteiger partial charge in [-0.25, -0.2) is 4.98 Å². The summed E-state index contributed by atoms with van der Waals surface area (Å²) in [6.07, 6.45) is 0.298. The Bertz CT molecular complexity index is 642. The van der Waals surface area contributed by atoms with Crippen LogP contribution in [-0.4, -0.2) is 48.4 Å². The van der Waals surface area contributed by atoms with Crippen molar-refractivity contribution in [1.29, 1.82) is 0 Å². The number of ether oxygens (including phenoxy) is 1. The predicted octanol–water partition coefficient (Wildman–Crippen LogP) is -0.679. The minimum Gasteiger partial charge on any atom is -0.391 e. The molecule has 8 nitrogen and oxygen atoms in total. The molecule has 0 bridgehead atoms. The molecule has 2 rings (SSSR count). The molecule has 0 aliphatic heterocycles. The summed E-state index contributed by atoms with van der Waals surface area (Å²) in [5.41, 5.74) is -1.37. The fourth-order valence-corrected chi connectivity index (χ4v) is 1.94. The largest absolute Gasteiger partial charge is 0.391 e. The number of aliphatic hydroxyl groups is 3. The molecule has 0 amide bonds. The highest BCUT2D eigenvalue weighted by atomic mass is 16.6. The SMILES string of the molecule is CC(C)(O)C(O[C@H](O)CO)n1ccc2c(=O)[nH]cnc21. The first-order chi connectivity index (χ1) is 9.34. The van der Waals surface area contributed by atoms with Crippen molar-refractivity contribution in [2.75, 3.05) is 6.61 Å². The summed E-state index contributed by atoms with van der Waals surface area (Å²) in [4.78, 5) is 18.1. The topological polar surface area (TPSA) is 121 Å². The number of fused-ring (bicyclic) bond motifs is 1. The Balaban J connectivity index is 2.52. The first kappa shape index (κ1) is 14.7. The van der Waals surface area contributed by atoms with Gasteiger partial charge in [0.2, 0.25) is 0 Å². The zero-order valence-corrected chi connectivity index (χ0v) is 11.1. The molecule has 0 fully saturated rings. The first-order valence-electron chi connectivity index (χ1n) is 6.05. The van der Waals surface area contributed by atoms with Crippen LogP contribution in [-0.2, 0) is 4.74 Å². The number of aliphatic hydroxyl groups excluding tert-OH is 2. The van der Waals surface area contributed by atoms with Crippen LogP contribution in [0.3, 0.4) is 0 Å². The maximum Gasteiger partial charge on any atom is 0.260 e. The van der Waals surface area contributed by atoms with Crippen LogP contribution in [0.1, 0.15) is 20.1 Å². The van der Waals surface area contributed by atoms with Gasteiger partial charge in [-0.2, -0.15) is 0 Å². The minimum absolute atomic E-state index is 0.311. The van der Waals surface area contributed by atoms with Crippen LogP contribution >= 0.6 is 0 Å². The van der Waals surface area contributed by atoms with Crippen molar-refractivity contribution in [3.8, 4) is 0 Å². The van der Waals surface area contributed by atoms with Gasteiger partial charge in [-0.1, -0.05) is 0 Å². The highest BCUT2D eigenvalue weighted by molar-refractivity contribution is 5.74. The van der Waals surface area contributed by atoms with Gasteiger partial charge >= 0.3 is 0 Å². The highest BCUT2D eigenvalue weighted by Crippen LogP contribution is 2.27. The second-order valence-corrected chi connectivity index (χ2v) is 4.97. The lowest BCUT2D eigenvalue weighted by molar-refractivity contribution is -0.225. The van der Waals surface area contributed by atoms with E-state index in [0.29, 0.717) is 11.0 Å². The number of aromatic nitrogens is 3. The van der Waals surface area contributed by atoms with E-state index in [2.05, 4.69) is 9.97 Å². The predicted molar refractivity (Wildman–Crippen MR) is 69.9 cm³/mol. The third kappa shape index (κ3) is 2.73. The number of hydrogen-bond donors (Lipinski definition) is 4. The molecule has 0 aliphatic carbocycles. The molecule has 2 aromatic heterocycles. The molecule has 0 saturated heterocycles. The summed E-state index contributed by atoms with van der Waals surface area (Å²) < 4.78 is 6.66. The maximum absolute atomic E-state index is 11.6. The molecule has 20 heavy (non-hydrogen) atoms. The summed E-state index contributed by atoms with van der Waals surface area (Å²) in [6, 6.07) is 1.54. The standard InChI is InChI=1S/C12H17N3O5/c1-12(2,19)11(20-8(17)5-16)15-4-3-7-9(15)13-6-14-10(7)18/h3-4,6,8,11,16-17,19H,5H2,1-2H3,(H,13,14,18)/t8-,11?/m0/s1. The van der Waals surface area contributed by atoms with E-state index in [9.17, 15) is 15.0 Å². The second-order valence-electron chi connectivity index (χ2n) is 4.97. The molecule has 0 aromatic carbocycles. The lowest BCUT2D eigenvalue weighted by Gasteiger charge is -2.32. The molecule has 110 valence electrons. The Labute approximate surface area is 114 Å². The maximum atomic E-state index is 11.6. The van der Waals surface area contributed by atoms with Gasteiger partial charge < -0.3 is 29.6 Å². The van der Waals surface area contributed by atoms with E-state index < -0.39 is 24.7 Å². The molecule has 1 unspecified atom stereocenters. The average molecular weight is 283 g/mol. The van der Waals surface area contributed by atoms with Gasteiger partial charge in [0.05, 0.1) is 18.3 Å². The van der Waals surface area contributed by atoms with Gasteiger partial charge in [-0.3, -0.25) is 4.79 Å². The molecule has 4 N–H and O–H groups in total. The molecule has 2 atom stereocenters. The van der Waals surface area contributed by atoms with E-state index in [4.69, 9.17) is 9.84 Å². The van der Waals surface area contributed by atoms with Crippen LogP contribution in [0.2, 0.25) is 0 Å². The summed E-state index contributed by atoms with van der Waals surface area (Å²) in [5.74, 6) is 0. The Kier molecular flexibility index (Phi) is 3.91. The van der Waals surface area contributed by atoms with Crippen molar-refractivity contribution in [3.63, 3.8) is 0 Å². The summed E-state index contributed by atoms with van der Waals surface area (Å²) in [7, 11) is 0. The lowest BCUT2D eigenvalue weighted by Crippen LogP contribution is -2.38. The number of hydrogen-bond acceptors (Lipinski definition) is 6. The van der Waals surface area contributed by atoms with Crippen LogP contribution in [0.5, 0.6) is 0 Å². The van der Waals surface area contributed by atoms with Crippen LogP contribution < -0.4 is 5.56 Å². The van der Waals surface area contributed by atoms with Gasteiger partial charge in [0.25, 0.3) is 5.56 Å². The molecular weight excluding hydrogens is 266 g/mol. The molecule has 2 aromatic rings. The molecule has 2 heterocycles. The number of nitrogens with zero attached hydrogens (tertiary/aromatic N) is 2. The van der Waals surface area contributed by atoms with E-state index >= 15 is 0 Å². The van der Waals surface area contributed by atoms with Gasteiger partial charge in [0.1, 0.15) is 11.2 Å². The van der Waals surface area contributed by atoms with Crippen LogP contribution in [0, 0.1) is 0 Å². The zero-order chi connectivity index (χ0) is 14.9. The van der Waals surface area contributed by atoms with Gasteiger partial charge in [0.15, 0.2) is 12.5 Å². The quantitative estimate of drug-likeness (QED) is 0.540. The van der Waals surface area contributed by atoms with Gasteiger partial charge in [0, 0.05) is 6.20 Å². The molecule has 8 heteroatoms. The third-order valence-electron chi connectivity index (χ3n) is 2.81. The lowest BCUT2D eigenvalue weighted by atomic mass is 10.1. The highest BCUT2D eigenvalue weighted by Gasteiger charge is 2.32. The number of nitrogens with one attached hydrogen (secondary N) is 1. The second kappa shape index (κ2) is 5.33. The fourth-order valence-electron chi connectivity index (χ4n) is 1.94. The van der Waals surface area contributed by atoms with Gasteiger partial charge in [-0.15, -0.1) is 0 Å². The molecule has 0 spiro atoms. The van der Waals surface area contributed by atoms with E-state index in [1.54, 1.807) is 0 Å². The van der Waals surface area contributed by atoms with E-state index in [0.717, 1.165) is 0 Å². The third-order valence-corrected chi connectivity index (χ3v) is 2.81. The molecule has 0 aliphatic rings. The van der Waals surface area contributed by atoms with E-state index in [-0.39, 0.29) is 5.56 Å². The number of rotatable bonds is 5. The number of aromatic amines is 1. The molecule has 0 saturated carbocycles. The Morgan fingerprint density at radius 3 is 2.85 bits per heavy atom. The van der Waals surface area contributed by atoms with E-state index in [1.165, 1.54) is 37.0 Å². The summed E-state index contributed by atoms with van der Waals surface area (Å²) in [5, 5.41) is 28.8. The fraction of sp³-hybridized carbons (Fsp3) is 0.500. The van der Waals surface area contributed by atoms with Crippen molar-refractivity contribution >= 4 is 11.0 Å². The van der Waals surface area contributed by atoms with Gasteiger partial charge in [-0.05, 0) is 19.9 Å². The van der Waals surface area contributed by atoms with Crippen LogP contribution in [0.15, 0.2) is 23.4 Å². The van der Waals surface area contributed by atoms with E-state index in [1.807, 2.05) is 0 Å². The average Bonchev–Trinajstić information content (AvgIpc) is 2.79. The van der Waals surface area contributed by atoms with Crippen LogP contribution in [0.25, 0.3) is 11.0 Å². The summed E-state index contributed by atoms with van der Waals surface area (Å²) in [6.45, 7) is 2.36. The van der Waals surface area contributed by atoms with Crippen molar-refractivity contribution in [2.45, 2.75) is 32.0 Å². The van der Waals surface area contributed by atoms with Crippen molar-refractivity contribution < 1.29 is 20.1 Å². The monoisotopic (exact) mass is 283 g/mol. The first-order valence-corrected chi connectivity index (χ1v) is 6.05. The Morgan fingerprint density at radius 2 is 2.25 bits per heavy atom. The van der Waals surface area contributed by atoms with Crippen LogP contribution in [0.4, 0.5) is 0 Å². The minimum atomic E-state index is -1.45. The number of H-pyrrole nitrogens is 1. The summed E-state index contributed by atoms with van der Waals surface area (Å²) >= 11 is 0. The Hall–Kier alpha value is -1.74. The van der Waals surface area contributed by atoms with Crippen molar-refractivity contribution in [3.05, 3.63) is 28.9 Å². The van der Waals surface area contributed by atoms with Crippen molar-refractivity contribution in [1.82, 2.24) is 14.5 Å². The molecule has 0 radical (unpaired) electrons.